The van der Waals surface area contributed by atoms with Gasteiger partial charge in [-0.05, 0) is 32.6 Å². The number of sulfonamides is 1. The Morgan fingerprint density at radius 2 is 1.88 bits per heavy atom. The summed E-state index contributed by atoms with van der Waals surface area (Å²) < 4.78 is 25.5. The highest BCUT2D eigenvalue weighted by Gasteiger charge is 2.44. The fraction of sp³-hybridized carbons (Fsp3) is 0.900. The monoisotopic (exact) mass is 247 g/mol. The Labute approximate surface area is 95.5 Å². The van der Waals surface area contributed by atoms with Crippen LogP contribution in [0.1, 0.15) is 32.6 Å². The molecule has 2 rings (SSSR count). The summed E-state index contributed by atoms with van der Waals surface area (Å²) in [4.78, 5) is 10.9. The van der Waals surface area contributed by atoms with Crippen LogP contribution >= 0.6 is 0 Å². The minimum absolute atomic E-state index is 0.0544. The molecule has 0 aromatic carbocycles. The minimum Gasteiger partial charge on any atom is -0.481 e. The second-order valence-corrected chi connectivity index (χ2v) is 6.94. The molecule has 1 heterocycles. The lowest BCUT2D eigenvalue weighted by Crippen LogP contribution is -2.48. The van der Waals surface area contributed by atoms with Crippen LogP contribution in [0.25, 0.3) is 0 Å². The average Bonchev–Trinajstić information content (AvgIpc) is 3.00. The molecule has 0 bridgehead atoms. The molecular formula is C10H17NO4S. The van der Waals surface area contributed by atoms with Crippen molar-refractivity contribution in [2.75, 3.05) is 6.54 Å². The Balaban J connectivity index is 2.15. The van der Waals surface area contributed by atoms with Crippen molar-refractivity contribution in [3.63, 3.8) is 0 Å². The minimum atomic E-state index is -3.23. The molecule has 2 atom stereocenters. The first-order valence-corrected chi connectivity index (χ1v) is 7.16. The van der Waals surface area contributed by atoms with Crippen LogP contribution in [-0.4, -0.2) is 41.6 Å². The number of hydrogen-bond acceptors (Lipinski definition) is 3. The molecule has 6 heteroatoms. The number of carboxylic acids is 1. The SMILES string of the molecule is CC1CCC(C(=O)O)CN1S(=O)(=O)C1CC1. The van der Waals surface area contributed by atoms with E-state index in [4.69, 9.17) is 5.11 Å². The third kappa shape index (κ3) is 2.08. The lowest BCUT2D eigenvalue weighted by Gasteiger charge is -2.35. The van der Waals surface area contributed by atoms with E-state index in [1.807, 2.05) is 6.92 Å². The van der Waals surface area contributed by atoms with Gasteiger partial charge in [-0.15, -0.1) is 0 Å². The van der Waals surface area contributed by atoms with Gasteiger partial charge in [0.15, 0.2) is 0 Å². The zero-order chi connectivity index (χ0) is 11.9. The van der Waals surface area contributed by atoms with Crippen LogP contribution in [0.5, 0.6) is 0 Å². The molecule has 16 heavy (non-hydrogen) atoms. The van der Waals surface area contributed by atoms with Crippen molar-refractivity contribution < 1.29 is 18.3 Å². The van der Waals surface area contributed by atoms with Crippen LogP contribution in [0.4, 0.5) is 0 Å². The van der Waals surface area contributed by atoms with Gasteiger partial charge >= 0.3 is 5.97 Å². The van der Waals surface area contributed by atoms with E-state index in [1.165, 1.54) is 4.31 Å². The topological polar surface area (TPSA) is 74.7 Å². The van der Waals surface area contributed by atoms with Crippen LogP contribution in [0.15, 0.2) is 0 Å². The molecule has 0 aromatic rings. The highest BCUT2D eigenvalue weighted by molar-refractivity contribution is 7.90. The van der Waals surface area contributed by atoms with Gasteiger partial charge < -0.3 is 5.11 Å². The molecule has 2 unspecified atom stereocenters. The van der Waals surface area contributed by atoms with Crippen molar-refractivity contribution in [1.29, 1.82) is 0 Å². The molecule has 1 saturated heterocycles. The van der Waals surface area contributed by atoms with Crippen LogP contribution in [-0.2, 0) is 14.8 Å². The number of piperidine rings is 1. The van der Waals surface area contributed by atoms with Crippen molar-refractivity contribution in [1.82, 2.24) is 4.31 Å². The summed E-state index contributed by atoms with van der Waals surface area (Å²) in [5.74, 6) is -1.42. The quantitative estimate of drug-likeness (QED) is 0.795. The maximum atomic E-state index is 12.1. The van der Waals surface area contributed by atoms with E-state index in [2.05, 4.69) is 0 Å². The van der Waals surface area contributed by atoms with E-state index in [1.54, 1.807) is 0 Å². The van der Waals surface area contributed by atoms with E-state index in [-0.39, 0.29) is 17.8 Å². The van der Waals surface area contributed by atoms with E-state index in [0.29, 0.717) is 12.8 Å². The first-order valence-electron chi connectivity index (χ1n) is 5.66. The molecule has 1 saturated carbocycles. The predicted molar refractivity (Wildman–Crippen MR) is 58.5 cm³/mol. The summed E-state index contributed by atoms with van der Waals surface area (Å²) >= 11 is 0. The Morgan fingerprint density at radius 1 is 1.25 bits per heavy atom. The van der Waals surface area contributed by atoms with Gasteiger partial charge in [-0.3, -0.25) is 4.79 Å². The number of nitrogens with zero attached hydrogens (tertiary/aromatic N) is 1. The number of carboxylic acid groups (broad SMARTS) is 1. The molecule has 2 fully saturated rings. The second-order valence-electron chi connectivity index (χ2n) is 4.78. The van der Waals surface area contributed by atoms with Gasteiger partial charge in [0.05, 0.1) is 11.2 Å². The van der Waals surface area contributed by atoms with Gasteiger partial charge in [0.25, 0.3) is 0 Å². The third-order valence-electron chi connectivity index (χ3n) is 3.45. The van der Waals surface area contributed by atoms with E-state index in [9.17, 15) is 13.2 Å². The van der Waals surface area contributed by atoms with Crippen molar-refractivity contribution in [3.8, 4) is 0 Å². The molecule has 0 spiro atoms. The second kappa shape index (κ2) is 4.00. The molecule has 0 radical (unpaired) electrons. The Morgan fingerprint density at radius 3 is 2.38 bits per heavy atom. The highest BCUT2D eigenvalue weighted by Crippen LogP contribution is 2.35. The fourth-order valence-electron chi connectivity index (χ4n) is 2.19. The van der Waals surface area contributed by atoms with E-state index >= 15 is 0 Å². The maximum absolute atomic E-state index is 12.1. The van der Waals surface area contributed by atoms with Gasteiger partial charge in [-0.25, -0.2) is 8.42 Å². The van der Waals surface area contributed by atoms with Gasteiger partial charge in [0, 0.05) is 12.6 Å². The van der Waals surface area contributed by atoms with Crippen LogP contribution in [0.2, 0.25) is 0 Å². The van der Waals surface area contributed by atoms with Crippen LogP contribution in [0, 0.1) is 5.92 Å². The molecule has 1 aliphatic heterocycles. The van der Waals surface area contributed by atoms with Crippen molar-refractivity contribution in [2.24, 2.45) is 5.92 Å². The molecular weight excluding hydrogens is 230 g/mol. The van der Waals surface area contributed by atoms with Gasteiger partial charge in [0.1, 0.15) is 0 Å². The predicted octanol–water partition coefficient (Wildman–Crippen LogP) is 0.664. The van der Waals surface area contributed by atoms with Crippen LogP contribution < -0.4 is 0 Å². The summed E-state index contributed by atoms with van der Waals surface area (Å²) in [6.45, 7) is 2.01. The van der Waals surface area contributed by atoms with Gasteiger partial charge in [-0.2, -0.15) is 4.31 Å². The zero-order valence-corrected chi connectivity index (χ0v) is 10.1. The molecule has 0 amide bonds. The standard InChI is InChI=1S/C10H17NO4S/c1-7-2-3-8(10(12)13)6-11(7)16(14,15)9-4-5-9/h7-9H,2-6H2,1H3,(H,12,13). The number of aliphatic carboxylic acids is 1. The maximum Gasteiger partial charge on any atom is 0.307 e. The van der Waals surface area contributed by atoms with Crippen molar-refractivity contribution in [2.45, 2.75) is 43.9 Å². The van der Waals surface area contributed by atoms with Crippen molar-refractivity contribution in [3.05, 3.63) is 0 Å². The van der Waals surface area contributed by atoms with Crippen LogP contribution in [0.3, 0.4) is 0 Å². The molecule has 1 N–H and O–H groups in total. The van der Waals surface area contributed by atoms with Gasteiger partial charge in [-0.1, -0.05) is 0 Å². The number of hydrogen-bond donors (Lipinski definition) is 1. The largest absolute Gasteiger partial charge is 0.481 e. The molecule has 0 aromatic heterocycles. The lowest BCUT2D eigenvalue weighted by molar-refractivity contribution is -0.143. The number of carbonyl (C=O) groups is 1. The lowest BCUT2D eigenvalue weighted by atomic mass is 9.96. The van der Waals surface area contributed by atoms with Crippen molar-refractivity contribution >= 4 is 16.0 Å². The van der Waals surface area contributed by atoms with E-state index < -0.39 is 21.9 Å². The van der Waals surface area contributed by atoms with E-state index in [0.717, 1.165) is 12.8 Å². The Hall–Kier alpha value is -0.620. The third-order valence-corrected chi connectivity index (χ3v) is 5.92. The first-order chi connectivity index (χ1) is 7.43. The smallest absolute Gasteiger partial charge is 0.307 e. The molecule has 92 valence electrons. The molecule has 5 nitrogen and oxygen atoms in total. The zero-order valence-electron chi connectivity index (χ0n) is 9.30. The Kier molecular flexibility index (Phi) is 2.96. The summed E-state index contributed by atoms with van der Waals surface area (Å²) in [6.07, 6.45) is 2.67. The first kappa shape index (κ1) is 11.9. The summed E-state index contributed by atoms with van der Waals surface area (Å²) in [5, 5.41) is 8.69. The average molecular weight is 247 g/mol. The van der Waals surface area contributed by atoms with Gasteiger partial charge in [0.2, 0.25) is 10.0 Å². The number of rotatable bonds is 3. The fourth-order valence-corrected chi connectivity index (χ4v) is 4.30. The molecule has 2 aliphatic rings. The summed E-state index contributed by atoms with van der Waals surface area (Å²) in [7, 11) is -3.23. The summed E-state index contributed by atoms with van der Waals surface area (Å²) in [5.41, 5.74) is 0. The normalized spacial score (nSPS) is 32.6. The molecule has 1 aliphatic carbocycles. The summed E-state index contributed by atoms with van der Waals surface area (Å²) in [6, 6.07) is -0.0544. The highest BCUT2D eigenvalue weighted by atomic mass is 32.2. The Bertz CT molecular complexity index is 388.